The van der Waals surface area contributed by atoms with Crippen LogP contribution in [0.5, 0.6) is 0 Å². The summed E-state index contributed by atoms with van der Waals surface area (Å²) in [6.45, 7) is 7.63. The predicted molar refractivity (Wildman–Crippen MR) is 99.6 cm³/mol. The zero-order valence-electron chi connectivity index (χ0n) is 15.4. The van der Waals surface area contributed by atoms with Gasteiger partial charge in [0.1, 0.15) is 0 Å². The smallest absolute Gasteiger partial charge is 0.191 e. The Morgan fingerprint density at radius 2 is 1.96 bits per heavy atom. The minimum atomic E-state index is 0.214. The van der Waals surface area contributed by atoms with Gasteiger partial charge in [-0.15, -0.1) is 0 Å². The molecular formula is C20H31N3O. The van der Waals surface area contributed by atoms with Crippen LogP contribution in [0.2, 0.25) is 0 Å². The molecule has 2 aliphatic rings. The highest BCUT2D eigenvalue weighted by Crippen LogP contribution is 2.34. The number of benzene rings is 1. The van der Waals surface area contributed by atoms with Gasteiger partial charge in [0.15, 0.2) is 5.96 Å². The second-order valence-corrected chi connectivity index (χ2v) is 8.06. The van der Waals surface area contributed by atoms with Crippen molar-refractivity contribution < 1.29 is 4.74 Å². The van der Waals surface area contributed by atoms with Crippen LogP contribution in [0.1, 0.15) is 51.2 Å². The summed E-state index contributed by atoms with van der Waals surface area (Å²) in [5, 5.41) is 6.96. The number of hydrogen-bond acceptors (Lipinski definition) is 2. The third-order valence-electron chi connectivity index (χ3n) is 5.18. The van der Waals surface area contributed by atoms with Gasteiger partial charge in [0.25, 0.3) is 0 Å². The van der Waals surface area contributed by atoms with Gasteiger partial charge in [0.05, 0.1) is 18.2 Å². The highest BCUT2D eigenvalue weighted by Gasteiger charge is 2.41. The maximum Gasteiger partial charge on any atom is 0.191 e. The zero-order valence-corrected chi connectivity index (χ0v) is 15.4. The molecule has 2 N–H and O–H groups in total. The quantitative estimate of drug-likeness (QED) is 0.659. The molecule has 0 aromatic heterocycles. The molecule has 3 atom stereocenters. The number of nitrogens with one attached hydrogen (secondary N) is 2. The molecule has 2 aliphatic heterocycles. The first-order valence-electron chi connectivity index (χ1n) is 9.18. The molecule has 2 saturated heterocycles. The SMILES string of the molecule is CN=C(NCCc1ccc(C(C)(C)C)cc1)NC1CC2CCC1O2. The summed E-state index contributed by atoms with van der Waals surface area (Å²) in [6, 6.07) is 9.38. The monoisotopic (exact) mass is 329 g/mol. The summed E-state index contributed by atoms with van der Waals surface area (Å²) >= 11 is 0. The number of hydrogen-bond donors (Lipinski definition) is 2. The second kappa shape index (κ2) is 7.14. The van der Waals surface area contributed by atoms with Gasteiger partial charge in [-0.1, -0.05) is 45.0 Å². The Morgan fingerprint density at radius 1 is 1.21 bits per heavy atom. The van der Waals surface area contributed by atoms with Gasteiger partial charge in [-0.3, -0.25) is 4.99 Å². The second-order valence-electron chi connectivity index (χ2n) is 8.06. The van der Waals surface area contributed by atoms with Gasteiger partial charge < -0.3 is 15.4 Å². The van der Waals surface area contributed by atoms with E-state index in [1.807, 2.05) is 7.05 Å². The van der Waals surface area contributed by atoms with Crippen molar-refractivity contribution in [2.75, 3.05) is 13.6 Å². The number of nitrogens with zero attached hydrogens (tertiary/aromatic N) is 1. The van der Waals surface area contributed by atoms with Crippen molar-refractivity contribution in [1.82, 2.24) is 10.6 Å². The molecule has 0 saturated carbocycles. The van der Waals surface area contributed by atoms with Gasteiger partial charge >= 0.3 is 0 Å². The predicted octanol–water partition coefficient (Wildman–Crippen LogP) is 3.01. The van der Waals surface area contributed by atoms with Crippen molar-refractivity contribution in [1.29, 1.82) is 0 Å². The average molecular weight is 329 g/mol. The van der Waals surface area contributed by atoms with E-state index in [4.69, 9.17) is 4.74 Å². The van der Waals surface area contributed by atoms with E-state index in [0.717, 1.165) is 25.3 Å². The molecular weight excluding hydrogens is 298 g/mol. The van der Waals surface area contributed by atoms with E-state index in [2.05, 4.69) is 60.7 Å². The van der Waals surface area contributed by atoms with Crippen molar-refractivity contribution >= 4 is 5.96 Å². The van der Waals surface area contributed by atoms with Crippen LogP contribution in [0.25, 0.3) is 0 Å². The van der Waals surface area contributed by atoms with E-state index < -0.39 is 0 Å². The molecule has 4 heteroatoms. The average Bonchev–Trinajstić information content (AvgIpc) is 3.16. The fraction of sp³-hybridized carbons (Fsp3) is 0.650. The Hall–Kier alpha value is -1.55. The maximum atomic E-state index is 5.90. The number of guanidine groups is 1. The minimum absolute atomic E-state index is 0.214. The van der Waals surface area contributed by atoms with Crippen molar-refractivity contribution in [2.24, 2.45) is 4.99 Å². The van der Waals surface area contributed by atoms with Crippen LogP contribution < -0.4 is 10.6 Å². The normalized spacial score (nSPS) is 26.7. The summed E-state index contributed by atoms with van der Waals surface area (Å²) in [5.41, 5.74) is 2.95. The van der Waals surface area contributed by atoms with E-state index in [0.29, 0.717) is 18.2 Å². The first kappa shape index (κ1) is 17.3. The van der Waals surface area contributed by atoms with Crippen molar-refractivity contribution in [3.63, 3.8) is 0 Å². The fourth-order valence-electron chi connectivity index (χ4n) is 3.66. The Bertz CT molecular complexity index is 574. The highest BCUT2D eigenvalue weighted by molar-refractivity contribution is 5.80. The summed E-state index contributed by atoms with van der Waals surface area (Å²) in [6.07, 6.45) is 5.35. The van der Waals surface area contributed by atoms with E-state index in [-0.39, 0.29) is 5.41 Å². The first-order valence-corrected chi connectivity index (χ1v) is 9.18. The zero-order chi connectivity index (χ0) is 17.2. The first-order chi connectivity index (χ1) is 11.5. The van der Waals surface area contributed by atoms with Crippen molar-refractivity contribution in [3.8, 4) is 0 Å². The molecule has 0 aliphatic carbocycles. The van der Waals surface area contributed by atoms with Crippen LogP contribution in [-0.4, -0.2) is 37.8 Å². The number of fused-ring (bicyclic) bond motifs is 2. The minimum Gasteiger partial charge on any atom is -0.373 e. The number of rotatable bonds is 4. The van der Waals surface area contributed by atoms with Crippen LogP contribution in [0.4, 0.5) is 0 Å². The van der Waals surface area contributed by atoms with E-state index in [1.54, 1.807) is 0 Å². The molecule has 3 unspecified atom stereocenters. The van der Waals surface area contributed by atoms with Crippen LogP contribution in [0.3, 0.4) is 0 Å². The molecule has 2 fully saturated rings. The fourth-order valence-corrected chi connectivity index (χ4v) is 3.66. The standard InChI is InChI=1S/C20H31N3O/c1-20(2,3)15-7-5-14(6-8-15)11-12-22-19(21-4)23-17-13-16-9-10-18(17)24-16/h5-8,16-18H,9-13H2,1-4H3,(H2,21,22,23). The molecule has 0 amide bonds. The largest absolute Gasteiger partial charge is 0.373 e. The van der Waals surface area contributed by atoms with Gasteiger partial charge in [0.2, 0.25) is 0 Å². The Labute approximate surface area is 146 Å². The summed E-state index contributed by atoms with van der Waals surface area (Å²) in [7, 11) is 1.83. The Morgan fingerprint density at radius 3 is 2.50 bits per heavy atom. The van der Waals surface area contributed by atoms with Gasteiger partial charge in [0, 0.05) is 13.6 Å². The molecule has 0 radical (unpaired) electrons. The summed E-state index contributed by atoms with van der Waals surface area (Å²) in [5.74, 6) is 0.891. The third-order valence-corrected chi connectivity index (χ3v) is 5.18. The molecule has 1 aromatic carbocycles. The summed E-state index contributed by atoms with van der Waals surface area (Å²) in [4.78, 5) is 4.35. The third kappa shape index (κ3) is 4.10. The lowest BCUT2D eigenvalue weighted by Gasteiger charge is -2.22. The lowest BCUT2D eigenvalue weighted by Crippen LogP contribution is -2.47. The molecule has 132 valence electrons. The van der Waals surface area contributed by atoms with E-state index in [1.165, 1.54) is 24.0 Å². The Kier molecular flexibility index (Phi) is 5.14. The molecule has 2 heterocycles. The molecule has 24 heavy (non-hydrogen) atoms. The lowest BCUT2D eigenvalue weighted by atomic mass is 9.86. The molecule has 4 nitrogen and oxygen atoms in total. The van der Waals surface area contributed by atoms with Crippen LogP contribution >= 0.6 is 0 Å². The lowest BCUT2D eigenvalue weighted by molar-refractivity contribution is 0.0992. The van der Waals surface area contributed by atoms with Crippen LogP contribution in [0, 0.1) is 0 Å². The number of ether oxygens (including phenoxy) is 1. The van der Waals surface area contributed by atoms with Crippen molar-refractivity contribution in [2.45, 2.75) is 70.1 Å². The molecule has 1 aromatic rings. The maximum absolute atomic E-state index is 5.90. The van der Waals surface area contributed by atoms with Gasteiger partial charge in [-0.05, 0) is 42.2 Å². The molecule has 2 bridgehead atoms. The topological polar surface area (TPSA) is 45.7 Å². The summed E-state index contributed by atoms with van der Waals surface area (Å²) < 4.78 is 5.90. The highest BCUT2D eigenvalue weighted by atomic mass is 16.5. The van der Waals surface area contributed by atoms with Crippen LogP contribution in [0.15, 0.2) is 29.3 Å². The molecule has 3 rings (SSSR count). The van der Waals surface area contributed by atoms with Gasteiger partial charge in [-0.25, -0.2) is 0 Å². The molecule has 0 spiro atoms. The van der Waals surface area contributed by atoms with Crippen molar-refractivity contribution in [3.05, 3.63) is 35.4 Å². The van der Waals surface area contributed by atoms with E-state index in [9.17, 15) is 0 Å². The number of aliphatic imine (C=N–C) groups is 1. The van der Waals surface area contributed by atoms with Crippen LogP contribution in [-0.2, 0) is 16.6 Å². The Balaban J connectivity index is 1.45. The van der Waals surface area contributed by atoms with E-state index >= 15 is 0 Å². The van der Waals surface area contributed by atoms with Gasteiger partial charge in [-0.2, -0.15) is 0 Å².